The van der Waals surface area contributed by atoms with Crippen LogP contribution in [-0.4, -0.2) is 71.7 Å². The van der Waals surface area contributed by atoms with Crippen LogP contribution in [0.15, 0.2) is 18.2 Å². The molecule has 0 spiro atoms. The largest absolute Gasteiger partial charge is 0.384 e. The van der Waals surface area contributed by atoms with Crippen LogP contribution in [-0.2, 0) is 9.59 Å². The number of unbranched alkanes of at least 4 members (excludes halogenated alkanes) is 5. The molecule has 10 heteroatoms. The van der Waals surface area contributed by atoms with E-state index in [1.165, 1.54) is 0 Å². The summed E-state index contributed by atoms with van der Waals surface area (Å²) < 4.78 is 0. The van der Waals surface area contributed by atoms with Gasteiger partial charge >= 0.3 is 6.03 Å². The first-order chi connectivity index (χ1) is 17.5. The molecule has 0 aliphatic carbocycles. The molecule has 2 saturated heterocycles. The number of amides is 6. The minimum Gasteiger partial charge on any atom is -0.384 e. The Hall–Kier alpha value is -3.43. The number of hydrogen-bond donors (Lipinski definition) is 3. The van der Waals surface area contributed by atoms with Gasteiger partial charge in [-0.25, -0.2) is 4.79 Å². The highest BCUT2D eigenvalue weighted by Gasteiger charge is 2.45. The van der Waals surface area contributed by atoms with Crippen molar-refractivity contribution in [2.75, 3.05) is 31.5 Å². The molecule has 10 nitrogen and oxygen atoms in total. The smallest absolute Gasteiger partial charge is 0.317 e. The molecule has 194 valence electrons. The molecule has 3 N–H and O–H groups in total. The van der Waals surface area contributed by atoms with Gasteiger partial charge in [0, 0.05) is 38.3 Å². The topological polar surface area (TPSA) is 128 Å². The quantitative estimate of drug-likeness (QED) is 0.319. The SMILES string of the molecule is O=C1CCC(N2C(=O)c3cccc(NCCCCCCCCNC(=O)N4CCCC4)c3C2=O)C(=O)N1. The Morgan fingerprint density at radius 2 is 1.61 bits per heavy atom. The average molecular weight is 498 g/mol. The second-order valence-electron chi connectivity index (χ2n) is 9.65. The van der Waals surface area contributed by atoms with Crippen molar-refractivity contribution in [1.82, 2.24) is 20.4 Å². The molecule has 0 saturated carbocycles. The molecule has 2 fully saturated rings. The summed E-state index contributed by atoms with van der Waals surface area (Å²) in [5.74, 6) is -1.99. The average Bonchev–Trinajstić information content (AvgIpc) is 3.49. The monoisotopic (exact) mass is 497 g/mol. The molecule has 6 amide bonds. The van der Waals surface area contributed by atoms with Gasteiger partial charge in [0.05, 0.1) is 11.1 Å². The molecule has 3 aliphatic rings. The van der Waals surface area contributed by atoms with Crippen LogP contribution in [0.25, 0.3) is 0 Å². The van der Waals surface area contributed by atoms with E-state index in [9.17, 15) is 24.0 Å². The highest BCUT2D eigenvalue weighted by atomic mass is 16.2. The highest BCUT2D eigenvalue weighted by Crippen LogP contribution is 2.32. The minimum atomic E-state index is -0.962. The second kappa shape index (κ2) is 12.0. The molecule has 4 rings (SSSR count). The summed E-state index contributed by atoms with van der Waals surface area (Å²) in [4.78, 5) is 64.5. The van der Waals surface area contributed by atoms with E-state index >= 15 is 0 Å². The van der Waals surface area contributed by atoms with Crippen molar-refractivity contribution < 1.29 is 24.0 Å². The lowest BCUT2D eigenvalue weighted by atomic mass is 10.0. The van der Waals surface area contributed by atoms with Crippen molar-refractivity contribution in [3.63, 3.8) is 0 Å². The molecule has 1 aromatic rings. The highest BCUT2D eigenvalue weighted by molar-refractivity contribution is 6.25. The number of fused-ring (bicyclic) bond motifs is 1. The standard InChI is InChI=1S/C26H35N5O5/c32-21-13-12-20(23(33)29-21)31-24(34)18-10-9-11-19(22(18)25(31)35)27-14-5-3-1-2-4-6-15-28-26(36)30-16-7-8-17-30/h9-11,20,27H,1-8,12-17H2,(H,28,36)(H,29,32,33). The number of likely N-dealkylation sites (tertiary alicyclic amines) is 1. The fraction of sp³-hybridized carbons (Fsp3) is 0.577. The molecule has 3 heterocycles. The van der Waals surface area contributed by atoms with E-state index in [0.29, 0.717) is 17.8 Å². The Balaban J connectivity index is 1.15. The second-order valence-corrected chi connectivity index (χ2v) is 9.65. The fourth-order valence-corrected chi connectivity index (χ4v) is 5.07. The predicted molar refractivity (Wildman–Crippen MR) is 134 cm³/mol. The van der Waals surface area contributed by atoms with Gasteiger partial charge in [0.15, 0.2) is 0 Å². The van der Waals surface area contributed by atoms with Gasteiger partial charge in [0.25, 0.3) is 11.8 Å². The summed E-state index contributed by atoms with van der Waals surface area (Å²) >= 11 is 0. The van der Waals surface area contributed by atoms with E-state index in [1.807, 2.05) is 4.90 Å². The fourth-order valence-electron chi connectivity index (χ4n) is 5.07. The van der Waals surface area contributed by atoms with Gasteiger partial charge in [-0.05, 0) is 44.2 Å². The number of nitrogens with one attached hydrogen (secondary N) is 3. The van der Waals surface area contributed by atoms with Crippen LogP contribution in [0.5, 0.6) is 0 Å². The summed E-state index contributed by atoms with van der Waals surface area (Å²) in [5.41, 5.74) is 1.17. The van der Waals surface area contributed by atoms with Crippen LogP contribution >= 0.6 is 0 Å². The van der Waals surface area contributed by atoms with Crippen molar-refractivity contribution in [1.29, 1.82) is 0 Å². The van der Waals surface area contributed by atoms with Crippen molar-refractivity contribution in [3.05, 3.63) is 29.3 Å². The number of benzene rings is 1. The maximum absolute atomic E-state index is 13.1. The summed E-state index contributed by atoms with van der Waals surface area (Å²) in [6, 6.07) is 4.19. The van der Waals surface area contributed by atoms with Gasteiger partial charge in [0.1, 0.15) is 6.04 Å². The van der Waals surface area contributed by atoms with E-state index in [-0.39, 0.29) is 30.3 Å². The van der Waals surface area contributed by atoms with Crippen LogP contribution in [0.2, 0.25) is 0 Å². The lowest BCUT2D eigenvalue weighted by molar-refractivity contribution is -0.136. The number of piperidine rings is 1. The Labute approximate surface area is 211 Å². The maximum Gasteiger partial charge on any atom is 0.317 e. The van der Waals surface area contributed by atoms with E-state index in [0.717, 1.165) is 75.9 Å². The van der Waals surface area contributed by atoms with Gasteiger partial charge in [-0.15, -0.1) is 0 Å². The minimum absolute atomic E-state index is 0.0615. The molecule has 0 bridgehead atoms. The van der Waals surface area contributed by atoms with Crippen LogP contribution in [0.1, 0.15) is 84.9 Å². The Morgan fingerprint density at radius 1 is 0.917 bits per heavy atom. The maximum atomic E-state index is 13.1. The normalized spacial score (nSPS) is 19.5. The number of nitrogens with zero attached hydrogens (tertiary/aromatic N) is 2. The molecule has 0 radical (unpaired) electrons. The van der Waals surface area contributed by atoms with Gasteiger partial charge in [-0.3, -0.25) is 29.4 Å². The predicted octanol–water partition coefficient (Wildman–Crippen LogP) is 2.65. The Morgan fingerprint density at radius 3 is 2.33 bits per heavy atom. The summed E-state index contributed by atoms with van der Waals surface area (Å²) in [6.45, 7) is 3.13. The summed E-state index contributed by atoms with van der Waals surface area (Å²) in [6.07, 6.45) is 8.66. The number of urea groups is 1. The number of anilines is 1. The van der Waals surface area contributed by atoms with Gasteiger partial charge in [-0.2, -0.15) is 0 Å². The summed E-state index contributed by atoms with van der Waals surface area (Å²) in [5, 5.41) is 8.49. The lowest BCUT2D eigenvalue weighted by Crippen LogP contribution is -2.54. The van der Waals surface area contributed by atoms with Crippen LogP contribution in [0.4, 0.5) is 10.5 Å². The third-order valence-corrected chi connectivity index (χ3v) is 7.06. The first-order valence-electron chi connectivity index (χ1n) is 13.1. The zero-order valence-corrected chi connectivity index (χ0v) is 20.6. The Kier molecular flexibility index (Phi) is 8.56. The van der Waals surface area contributed by atoms with E-state index in [1.54, 1.807) is 18.2 Å². The van der Waals surface area contributed by atoms with E-state index in [2.05, 4.69) is 16.0 Å². The number of carbonyl (C=O) groups excluding carboxylic acids is 5. The zero-order valence-electron chi connectivity index (χ0n) is 20.6. The third-order valence-electron chi connectivity index (χ3n) is 7.06. The number of hydrogen-bond acceptors (Lipinski definition) is 6. The molecular formula is C26H35N5O5. The molecule has 3 aliphatic heterocycles. The van der Waals surface area contributed by atoms with Crippen LogP contribution in [0, 0.1) is 0 Å². The molecule has 1 unspecified atom stereocenters. The number of imide groups is 2. The number of carbonyl (C=O) groups is 5. The number of rotatable bonds is 11. The zero-order chi connectivity index (χ0) is 25.5. The van der Waals surface area contributed by atoms with Crippen LogP contribution < -0.4 is 16.0 Å². The van der Waals surface area contributed by atoms with E-state index < -0.39 is 23.8 Å². The Bertz CT molecular complexity index is 1020. The van der Waals surface area contributed by atoms with Crippen molar-refractivity contribution >= 4 is 35.3 Å². The van der Waals surface area contributed by atoms with Crippen molar-refractivity contribution in [2.24, 2.45) is 0 Å². The van der Waals surface area contributed by atoms with Gasteiger partial charge in [0.2, 0.25) is 11.8 Å². The first-order valence-corrected chi connectivity index (χ1v) is 13.1. The van der Waals surface area contributed by atoms with Gasteiger partial charge < -0.3 is 15.5 Å². The first kappa shape index (κ1) is 25.7. The van der Waals surface area contributed by atoms with Crippen LogP contribution in [0.3, 0.4) is 0 Å². The molecule has 1 atom stereocenters. The molecule has 0 aromatic heterocycles. The van der Waals surface area contributed by atoms with E-state index in [4.69, 9.17) is 0 Å². The summed E-state index contributed by atoms with van der Waals surface area (Å²) in [7, 11) is 0. The molecule has 36 heavy (non-hydrogen) atoms. The lowest BCUT2D eigenvalue weighted by Gasteiger charge is -2.27. The van der Waals surface area contributed by atoms with Crippen molar-refractivity contribution in [2.45, 2.75) is 70.3 Å². The van der Waals surface area contributed by atoms with Gasteiger partial charge in [-0.1, -0.05) is 31.7 Å². The van der Waals surface area contributed by atoms with Crippen molar-refractivity contribution in [3.8, 4) is 0 Å². The molecule has 1 aromatic carbocycles. The third kappa shape index (κ3) is 5.85. The molecular weight excluding hydrogens is 462 g/mol.